The van der Waals surface area contributed by atoms with E-state index in [1.54, 1.807) is 12.5 Å². The number of aromatic nitrogens is 2. The zero-order valence-corrected chi connectivity index (χ0v) is 15.6. The Morgan fingerprint density at radius 1 is 0.929 bits per heavy atom. The Bertz CT molecular complexity index is 1030. The summed E-state index contributed by atoms with van der Waals surface area (Å²) in [5, 5.41) is 0. The van der Waals surface area contributed by atoms with Crippen LogP contribution in [0.4, 0.5) is 8.78 Å². The SMILES string of the molecule is O=C(c1c(C2CC2)ccc2cncn12)C1CCC(c2cc(F)cc(F)c2)CC1. The summed E-state index contributed by atoms with van der Waals surface area (Å²) in [6.45, 7) is 0. The van der Waals surface area contributed by atoms with Gasteiger partial charge in [0.05, 0.1) is 23.7 Å². The molecular weight excluding hydrogens is 358 g/mol. The van der Waals surface area contributed by atoms with E-state index in [1.807, 2.05) is 10.5 Å². The van der Waals surface area contributed by atoms with Crippen LogP contribution in [0.15, 0.2) is 42.9 Å². The van der Waals surface area contributed by atoms with Gasteiger partial charge >= 0.3 is 0 Å². The Labute approximate surface area is 162 Å². The minimum atomic E-state index is -0.533. The van der Waals surface area contributed by atoms with E-state index in [9.17, 15) is 13.6 Å². The number of carbonyl (C=O) groups is 1. The standard InChI is InChI=1S/C23H22F2N2O/c24-18-9-17(10-19(25)11-18)14-1-5-16(6-2-14)23(28)22-21(15-3-4-15)8-7-20-12-26-13-27(20)22/h7-16H,1-6H2. The molecule has 5 rings (SSSR count). The number of hydrogen-bond donors (Lipinski definition) is 0. The quantitative estimate of drug-likeness (QED) is 0.549. The number of carbonyl (C=O) groups excluding carboxylic acids is 1. The Hall–Kier alpha value is -2.56. The van der Waals surface area contributed by atoms with Gasteiger partial charge < -0.3 is 0 Å². The van der Waals surface area contributed by atoms with Crippen molar-refractivity contribution < 1.29 is 13.6 Å². The third kappa shape index (κ3) is 3.13. The predicted molar refractivity (Wildman–Crippen MR) is 103 cm³/mol. The van der Waals surface area contributed by atoms with Gasteiger partial charge in [0.2, 0.25) is 0 Å². The Morgan fingerprint density at radius 2 is 1.61 bits per heavy atom. The van der Waals surface area contributed by atoms with E-state index in [0.29, 0.717) is 11.5 Å². The summed E-state index contributed by atoms with van der Waals surface area (Å²) in [5.74, 6) is -0.323. The van der Waals surface area contributed by atoms with Crippen LogP contribution in [-0.4, -0.2) is 15.2 Å². The van der Waals surface area contributed by atoms with E-state index in [-0.39, 0.29) is 17.6 Å². The molecule has 2 aliphatic carbocycles. The van der Waals surface area contributed by atoms with Gasteiger partial charge in [0.25, 0.3) is 0 Å². The number of nitrogens with zero attached hydrogens (tertiary/aromatic N) is 2. The molecule has 2 aliphatic rings. The van der Waals surface area contributed by atoms with Crippen molar-refractivity contribution in [1.82, 2.24) is 9.38 Å². The zero-order chi connectivity index (χ0) is 19.3. The fraction of sp³-hybridized carbons (Fsp3) is 0.391. The lowest BCUT2D eigenvalue weighted by Crippen LogP contribution is -2.24. The fourth-order valence-electron chi connectivity index (χ4n) is 4.69. The summed E-state index contributed by atoms with van der Waals surface area (Å²) >= 11 is 0. The number of rotatable bonds is 4. The van der Waals surface area contributed by atoms with Crippen molar-refractivity contribution in [3.05, 3.63) is 71.3 Å². The average molecular weight is 380 g/mol. The highest BCUT2D eigenvalue weighted by Gasteiger charge is 2.34. The number of imidazole rings is 1. The summed E-state index contributed by atoms with van der Waals surface area (Å²) in [6.07, 6.45) is 8.83. The second-order valence-corrected chi connectivity index (χ2v) is 8.22. The van der Waals surface area contributed by atoms with Crippen molar-refractivity contribution in [1.29, 1.82) is 0 Å². The molecule has 2 fully saturated rings. The van der Waals surface area contributed by atoms with Gasteiger partial charge in [0.1, 0.15) is 11.6 Å². The first kappa shape index (κ1) is 17.5. The number of fused-ring (bicyclic) bond motifs is 1. The molecule has 5 heteroatoms. The first-order valence-electron chi connectivity index (χ1n) is 10.1. The van der Waals surface area contributed by atoms with Crippen molar-refractivity contribution in [3.63, 3.8) is 0 Å². The molecule has 0 N–H and O–H groups in total. The average Bonchev–Trinajstić information content (AvgIpc) is 3.42. The minimum Gasteiger partial charge on any atom is -0.296 e. The van der Waals surface area contributed by atoms with E-state index in [0.717, 1.165) is 61.4 Å². The lowest BCUT2D eigenvalue weighted by Gasteiger charge is -2.28. The monoisotopic (exact) mass is 380 g/mol. The Kier molecular flexibility index (Phi) is 4.26. The van der Waals surface area contributed by atoms with Crippen LogP contribution in [0.3, 0.4) is 0 Å². The molecule has 0 saturated heterocycles. The molecule has 0 bridgehead atoms. The van der Waals surface area contributed by atoms with Crippen LogP contribution in [0.2, 0.25) is 0 Å². The van der Waals surface area contributed by atoms with Crippen LogP contribution in [0.1, 0.15) is 72.0 Å². The second kappa shape index (κ2) is 6.80. The van der Waals surface area contributed by atoms with Gasteiger partial charge in [-0.2, -0.15) is 0 Å². The summed E-state index contributed by atoms with van der Waals surface area (Å²) < 4.78 is 29.0. The van der Waals surface area contributed by atoms with Crippen LogP contribution in [0.5, 0.6) is 0 Å². The number of ketones is 1. The molecule has 0 aliphatic heterocycles. The van der Waals surface area contributed by atoms with Crippen LogP contribution in [-0.2, 0) is 0 Å². The lowest BCUT2D eigenvalue weighted by atomic mass is 9.76. The molecule has 2 aromatic heterocycles. The lowest BCUT2D eigenvalue weighted by molar-refractivity contribution is 0.0876. The molecule has 1 aromatic carbocycles. The maximum Gasteiger partial charge on any atom is 0.182 e. The normalized spacial score (nSPS) is 22.5. The smallest absolute Gasteiger partial charge is 0.182 e. The number of benzene rings is 1. The molecule has 28 heavy (non-hydrogen) atoms. The number of pyridine rings is 1. The van der Waals surface area contributed by atoms with Crippen molar-refractivity contribution >= 4 is 11.3 Å². The maximum absolute atomic E-state index is 13.6. The fourth-order valence-corrected chi connectivity index (χ4v) is 4.69. The summed E-state index contributed by atoms with van der Waals surface area (Å²) in [5.41, 5.74) is 3.58. The third-order valence-electron chi connectivity index (χ3n) is 6.32. The summed E-state index contributed by atoms with van der Waals surface area (Å²) in [7, 11) is 0. The molecule has 0 radical (unpaired) electrons. The Balaban J connectivity index is 1.38. The molecule has 0 spiro atoms. The van der Waals surface area contributed by atoms with Gasteiger partial charge in [-0.3, -0.25) is 9.20 Å². The van der Waals surface area contributed by atoms with E-state index in [1.165, 1.54) is 12.1 Å². The van der Waals surface area contributed by atoms with Gasteiger partial charge in [0, 0.05) is 12.0 Å². The van der Waals surface area contributed by atoms with Crippen molar-refractivity contribution in [3.8, 4) is 0 Å². The molecule has 3 nitrogen and oxygen atoms in total. The number of Topliss-reactive ketones (excluding diaryl/α,β-unsaturated/α-hetero) is 1. The first-order chi connectivity index (χ1) is 13.6. The van der Waals surface area contributed by atoms with Crippen molar-refractivity contribution in [2.75, 3.05) is 0 Å². The zero-order valence-electron chi connectivity index (χ0n) is 15.6. The molecule has 0 atom stereocenters. The van der Waals surface area contributed by atoms with Gasteiger partial charge in [-0.1, -0.05) is 6.07 Å². The first-order valence-corrected chi connectivity index (χ1v) is 10.1. The molecular formula is C23H22F2N2O. The molecule has 2 heterocycles. The van der Waals surface area contributed by atoms with E-state index in [2.05, 4.69) is 11.1 Å². The molecule has 2 saturated carbocycles. The minimum absolute atomic E-state index is 0.0415. The second-order valence-electron chi connectivity index (χ2n) is 8.22. The van der Waals surface area contributed by atoms with Crippen molar-refractivity contribution in [2.24, 2.45) is 5.92 Å². The van der Waals surface area contributed by atoms with E-state index >= 15 is 0 Å². The van der Waals surface area contributed by atoms with Crippen LogP contribution in [0.25, 0.3) is 5.52 Å². The van der Waals surface area contributed by atoms with Crippen molar-refractivity contribution in [2.45, 2.75) is 50.4 Å². The van der Waals surface area contributed by atoms with Crippen LogP contribution < -0.4 is 0 Å². The highest BCUT2D eigenvalue weighted by Crippen LogP contribution is 2.44. The molecule has 0 unspecified atom stereocenters. The number of hydrogen-bond acceptors (Lipinski definition) is 2. The van der Waals surface area contributed by atoms with Gasteiger partial charge in [-0.15, -0.1) is 0 Å². The van der Waals surface area contributed by atoms with Gasteiger partial charge in [0.15, 0.2) is 5.78 Å². The Morgan fingerprint density at radius 3 is 2.29 bits per heavy atom. The highest BCUT2D eigenvalue weighted by atomic mass is 19.1. The highest BCUT2D eigenvalue weighted by molar-refractivity contribution is 5.98. The maximum atomic E-state index is 13.6. The molecule has 3 aromatic rings. The van der Waals surface area contributed by atoms with Crippen LogP contribution >= 0.6 is 0 Å². The topological polar surface area (TPSA) is 34.4 Å². The summed E-state index contributed by atoms with van der Waals surface area (Å²) in [6, 6.07) is 7.88. The molecule has 144 valence electrons. The van der Waals surface area contributed by atoms with E-state index < -0.39 is 11.6 Å². The summed E-state index contributed by atoms with van der Waals surface area (Å²) in [4.78, 5) is 17.7. The number of halogens is 2. The van der Waals surface area contributed by atoms with Crippen LogP contribution in [0, 0.1) is 17.6 Å². The van der Waals surface area contributed by atoms with Gasteiger partial charge in [-0.25, -0.2) is 13.8 Å². The predicted octanol–water partition coefficient (Wildman–Crippen LogP) is 5.65. The third-order valence-corrected chi connectivity index (χ3v) is 6.32. The van der Waals surface area contributed by atoms with Gasteiger partial charge in [-0.05, 0) is 79.7 Å². The van der Waals surface area contributed by atoms with E-state index in [4.69, 9.17) is 0 Å². The largest absolute Gasteiger partial charge is 0.296 e. The molecule has 0 amide bonds.